The summed E-state index contributed by atoms with van der Waals surface area (Å²) >= 11 is 0. The fourth-order valence-corrected chi connectivity index (χ4v) is 1.76. The molecular formula is C13H18FN3O3. The first-order valence-electron chi connectivity index (χ1n) is 6.49. The second kappa shape index (κ2) is 7.42. The monoisotopic (exact) mass is 283 g/mol. The van der Waals surface area contributed by atoms with Crippen LogP contribution in [-0.2, 0) is 0 Å². The Kier molecular flexibility index (Phi) is 5.89. The van der Waals surface area contributed by atoms with E-state index in [1.54, 1.807) is 0 Å². The highest BCUT2D eigenvalue weighted by atomic mass is 19.1. The van der Waals surface area contributed by atoms with Gasteiger partial charge in [0.15, 0.2) is 5.82 Å². The van der Waals surface area contributed by atoms with Gasteiger partial charge in [0.1, 0.15) is 5.56 Å². The Morgan fingerprint density at radius 2 is 2.10 bits per heavy atom. The van der Waals surface area contributed by atoms with E-state index in [9.17, 15) is 19.3 Å². The lowest BCUT2D eigenvalue weighted by molar-refractivity contribution is -0.385. The SMILES string of the molecule is CCCCCCNC(=O)c1cc(N)c(F)cc1[N+](=O)[O-]. The number of halogens is 1. The molecule has 6 nitrogen and oxygen atoms in total. The molecule has 1 amide bonds. The summed E-state index contributed by atoms with van der Waals surface area (Å²) in [5.41, 5.74) is 4.26. The van der Waals surface area contributed by atoms with E-state index in [0.29, 0.717) is 12.6 Å². The zero-order chi connectivity index (χ0) is 15.1. The van der Waals surface area contributed by atoms with Gasteiger partial charge in [0.25, 0.3) is 11.6 Å². The molecule has 0 atom stereocenters. The van der Waals surface area contributed by atoms with Gasteiger partial charge in [-0.25, -0.2) is 4.39 Å². The smallest absolute Gasteiger partial charge is 0.285 e. The second-order valence-corrected chi connectivity index (χ2v) is 4.46. The minimum Gasteiger partial charge on any atom is -0.396 e. The van der Waals surface area contributed by atoms with Crippen LogP contribution < -0.4 is 11.1 Å². The van der Waals surface area contributed by atoms with Crippen LogP contribution in [0.3, 0.4) is 0 Å². The molecule has 7 heteroatoms. The number of benzene rings is 1. The molecule has 0 bridgehead atoms. The first-order valence-corrected chi connectivity index (χ1v) is 6.49. The molecule has 0 saturated carbocycles. The molecular weight excluding hydrogens is 265 g/mol. The Hall–Kier alpha value is -2.18. The molecule has 0 unspecified atom stereocenters. The van der Waals surface area contributed by atoms with Gasteiger partial charge in [-0.2, -0.15) is 0 Å². The third kappa shape index (κ3) is 4.18. The number of nitro benzene ring substituents is 1. The van der Waals surface area contributed by atoms with Gasteiger partial charge in [0.05, 0.1) is 16.7 Å². The zero-order valence-electron chi connectivity index (χ0n) is 11.3. The van der Waals surface area contributed by atoms with Crippen molar-refractivity contribution in [2.75, 3.05) is 12.3 Å². The number of nitrogens with zero attached hydrogens (tertiary/aromatic N) is 1. The van der Waals surface area contributed by atoms with E-state index in [1.165, 1.54) is 0 Å². The van der Waals surface area contributed by atoms with Gasteiger partial charge < -0.3 is 11.1 Å². The highest BCUT2D eigenvalue weighted by molar-refractivity contribution is 5.99. The Bertz CT molecular complexity index is 506. The van der Waals surface area contributed by atoms with Crippen LogP contribution in [0, 0.1) is 15.9 Å². The fraction of sp³-hybridized carbons (Fsp3) is 0.462. The lowest BCUT2D eigenvalue weighted by Crippen LogP contribution is -2.25. The molecule has 1 rings (SSSR count). The summed E-state index contributed by atoms with van der Waals surface area (Å²) in [5, 5.41) is 13.4. The van der Waals surface area contributed by atoms with Gasteiger partial charge in [-0.1, -0.05) is 26.2 Å². The highest BCUT2D eigenvalue weighted by Gasteiger charge is 2.22. The van der Waals surface area contributed by atoms with E-state index in [2.05, 4.69) is 12.2 Å². The fourth-order valence-electron chi connectivity index (χ4n) is 1.76. The number of unbranched alkanes of at least 4 members (excludes halogenated alkanes) is 3. The van der Waals surface area contributed by atoms with E-state index in [4.69, 9.17) is 5.73 Å². The van der Waals surface area contributed by atoms with Crippen molar-refractivity contribution in [2.24, 2.45) is 0 Å². The van der Waals surface area contributed by atoms with Gasteiger partial charge in [0.2, 0.25) is 0 Å². The highest BCUT2D eigenvalue weighted by Crippen LogP contribution is 2.24. The van der Waals surface area contributed by atoms with E-state index in [0.717, 1.165) is 31.7 Å². The van der Waals surface area contributed by atoms with Gasteiger partial charge in [-0.15, -0.1) is 0 Å². The predicted octanol–water partition coefficient (Wildman–Crippen LogP) is 2.63. The molecule has 0 aliphatic carbocycles. The van der Waals surface area contributed by atoms with Crippen LogP contribution in [0.15, 0.2) is 12.1 Å². The normalized spacial score (nSPS) is 10.3. The van der Waals surface area contributed by atoms with Crippen LogP contribution in [0.4, 0.5) is 15.8 Å². The summed E-state index contributed by atoms with van der Waals surface area (Å²) in [5.74, 6) is -1.52. The molecule has 0 aliphatic rings. The van der Waals surface area contributed by atoms with E-state index in [-0.39, 0.29) is 11.3 Å². The Balaban J connectivity index is 2.76. The Labute approximate surface area is 116 Å². The van der Waals surface area contributed by atoms with Crippen molar-refractivity contribution in [1.82, 2.24) is 5.32 Å². The van der Waals surface area contributed by atoms with Gasteiger partial charge >= 0.3 is 0 Å². The molecule has 0 saturated heterocycles. The number of rotatable bonds is 7. The lowest BCUT2D eigenvalue weighted by Gasteiger charge is -2.07. The van der Waals surface area contributed by atoms with Crippen LogP contribution in [0.2, 0.25) is 0 Å². The summed E-state index contributed by atoms with van der Waals surface area (Å²) in [6.07, 6.45) is 3.92. The first kappa shape index (κ1) is 15.9. The van der Waals surface area contributed by atoms with Crippen molar-refractivity contribution >= 4 is 17.3 Å². The summed E-state index contributed by atoms with van der Waals surface area (Å²) in [4.78, 5) is 21.9. The molecule has 0 radical (unpaired) electrons. The number of hydrogen-bond acceptors (Lipinski definition) is 4. The van der Waals surface area contributed by atoms with Crippen molar-refractivity contribution in [3.8, 4) is 0 Å². The van der Waals surface area contributed by atoms with Crippen LogP contribution in [0.1, 0.15) is 43.0 Å². The molecule has 3 N–H and O–H groups in total. The summed E-state index contributed by atoms with van der Waals surface area (Å²) in [7, 11) is 0. The van der Waals surface area contributed by atoms with Crippen molar-refractivity contribution in [2.45, 2.75) is 32.6 Å². The third-order valence-electron chi connectivity index (χ3n) is 2.87. The van der Waals surface area contributed by atoms with Crippen LogP contribution in [0.25, 0.3) is 0 Å². The lowest BCUT2D eigenvalue weighted by atomic mass is 10.1. The zero-order valence-corrected chi connectivity index (χ0v) is 11.3. The van der Waals surface area contributed by atoms with Crippen LogP contribution in [0.5, 0.6) is 0 Å². The number of nitrogens with one attached hydrogen (secondary N) is 1. The number of amides is 1. The first-order chi connectivity index (χ1) is 9.47. The summed E-state index contributed by atoms with van der Waals surface area (Å²) < 4.78 is 13.2. The number of hydrogen-bond donors (Lipinski definition) is 2. The summed E-state index contributed by atoms with van der Waals surface area (Å²) in [6.45, 7) is 2.50. The average Bonchev–Trinajstić information content (AvgIpc) is 2.40. The van der Waals surface area contributed by atoms with Gasteiger partial charge in [0, 0.05) is 6.54 Å². The topological polar surface area (TPSA) is 98.3 Å². The maximum atomic E-state index is 13.2. The molecule has 1 aromatic carbocycles. The molecule has 20 heavy (non-hydrogen) atoms. The van der Waals surface area contributed by atoms with Gasteiger partial charge in [-0.05, 0) is 12.5 Å². The van der Waals surface area contributed by atoms with Crippen molar-refractivity contribution < 1.29 is 14.1 Å². The van der Waals surface area contributed by atoms with Gasteiger partial charge in [-0.3, -0.25) is 14.9 Å². The van der Waals surface area contributed by atoms with Crippen molar-refractivity contribution in [1.29, 1.82) is 0 Å². The standard InChI is InChI=1S/C13H18FN3O3/c1-2-3-4-5-6-16-13(18)9-7-11(15)10(14)8-12(9)17(19)20/h7-8H,2-6,15H2,1H3,(H,16,18). The van der Waals surface area contributed by atoms with Crippen molar-refractivity contribution in [3.05, 3.63) is 33.6 Å². The minimum absolute atomic E-state index is 0.218. The number of carbonyl (C=O) groups is 1. The predicted molar refractivity (Wildman–Crippen MR) is 73.9 cm³/mol. The molecule has 0 spiro atoms. The molecule has 0 heterocycles. The molecule has 0 aliphatic heterocycles. The molecule has 0 aromatic heterocycles. The average molecular weight is 283 g/mol. The number of nitrogen functional groups attached to an aromatic ring is 1. The van der Waals surface area contributed by atoms with E-state index >= 15 is 0 Å². The van der Waals surface area contributed by atoms with Crippen molar-refractivity contribution in [3.63, 3.8) is 0 Å². The second-order valence-electron chi connectivity index (χ2n) is 4.46. The molecule has 0 fully saturated rings. The number of nitrogens with two attached hydrogens (primary N) is 1. The Morgan fingerprint density at radius 3 is 2.70 bits per heavy atom. The number of anilines is 1. The maximum absolute atomic E-state index is 13.2. The largest absolute Gasteiger partial charge is 0.396 e. The van der Waals surface area contributed by atoms with Crippen LogP contribution in [-0.4, -0.2) is 17.4 Å². The number of nitro groups is 1. The van der Waals surface area contributed by atoms with E-state index in [1.807, 2.05) is 0 Å². The molecule has 1 aromatic rings. The Morgan fingerprint density at radius 1 is 1.40 bits per heavy atom. The summed E-state index contributed by atoms with van der Waals surface area (Å²) in [6, 6.07) is 1.66. The third-order valence-corrected chi connectivity index (χ3v) is 2.87. The van der Waals surface area contributed by atoms with Crippen LogP contribution >= 0.6 is 0 Å². The quantitative estimate of drug-likeness (QED) is 0.348. The minimum atomic E-state index is -0.906. The molecule has 110 valence electrons. The van der Waals surface area contributed by atoms with E-state index < -0.39 is 22.3 Å². The number of carbonyl (C=O) groups excluding carboxylic acids is 1. The maximum Gasteiger partial charge on any atom is 0.285 e.